The lowest BCUT2D eigenvalue weighted by molar-refractivity contribution is -0.149. The van der Waals surface area contributed by atoms with Crippen molar-refractivity contribution in [3.05, 3.63) is 0 Å². The predicted molar refractivity (Wildman–Crippen MR) is 114 cm³/mol. The number of amides is 4. The second-order valence-electron chi connectivity index (χ2n) is 10.1. The normalized spacial score (nSPS) is 40.9. The number of carbonyl (C=O) groups excluding carboxylic acids is 3. The highest BCUT2D eigenvalue weighted by molar-refractivity contribution is 5.95. The molecule has 4 aliphatic rings. The van der Waals surface area contributed by atoms with Gasteiger partial charge in [-0.3, -0.25) is 19.7 Å². The van der Waals surface area contributed by atoms with E-state index in [1.54, 1.807) is 0 Å². The Morgan fingerprint density at radius 3 is 2.68 bits per heavy atom. The topological polar surface area (TPSA) is 112 Å². The second kappa shape index (κ2) is 9.42. The molecule has 0 aromatic heterocycles. The van der Waals surface area contributed by atoms with E-state index < -0.39 is 6.03 Å². The van der Waals surface area contributed by atoms with Gasteiger partial charge in [0.15, 0.2) is 0 Å². The summed E-state index contributed by atoms with van der Waals surface area (Å²) in [6.45, 7) is 5.86. The zero-order valence-electron chi connectivity index (χ0n) is 18.9. The molecule has 0 bridgehead atoms. The number of nitrogens with zero attached hydrogens (tertiary/aromatic N) is 1. The molecule has 9 heteroatoms. The van der Waals surface area contributed by atoms with Crippen molar-refractivity contribution in [2.24, 2.45) is 29.6 Å². The van der Waals surface area contributed by atoms with Crippen molar-refractivity contribution in [3.8, 4) is 0 Å². The molecule has 3 aliphatic heterocycles. The van der Waals surface area contributed by atoms with Gasteiger partial charge in [-0.2, -0.15) is 5.48 Å². The molecule has 8 atom stereocenters. The maximum absolute atomic E-state index is 13.3. The minimum Gasteiger partial charge on any atom is -0.342 e. The van der Waals surface area contributed by atoms with Gasteiger partial charge in [0.05, 0.1) is 6.61 Å². The van der Waals surface area contributed by atoms with Crippen LogP contribution in [0.25, 0.3) is 0 Å². The van der Waals surface area contributed by atoms with E-state index in [9.17, 15) is 14.4 Å². The summed E-state index contributed by atoms with van der Waals surface area (Å²) in [5, 5.41) is 8.77. The molecule has 0 spiro atoms. The largest absolute Gasteiger partial charge is 0.342 e. The number of hydrogen-bond acceptors (Lipinski definition) is 6. The summed E-state index contributed by atoms with van der Waals surface area (Å²) < 4.78 is 0. The lowest BCUT2D eigenvalue weighted by Gasteiger charge is -2.50. The predicted octanol–water partition coefficient (Wildman–Crippen LogP) is 0.961. The Hall–Kier alpha value is -1.71. The van der Waals surface area contributed by atoms with E-state index in [4.69, 9.17) is 4.84 Å². The number of hydrogen-bond donors (Lipinski definition) is 4. The first-order valence-electron chi connectivity index (χ1n) is 11.8. The zero-order chi connectivity index (χ0) is 22.1. The van der Waals surface area contributed by atoms with Crippen LogP contribution in [-0.2, 0) is 14.4 Å². The highest BCUT2D eigenvalue weighted by atomic mass is 16.7. The van der Waals surface area contributed by atoms with Crippen molar-refractivity contribution in [1.82, 2.24) is 26.3 Å². The Morgan fingerprint density at radius 1 is 1.13 bits per heavy atom. The number of urea groups is 1. The molecule has 4 amide bonds. The average molecular weight is 436 g/mol. The molecule has 0 radical (unpaired) electrons. The summed E-state index contributed by atoms with van der Waals surface area (Å²) in [4.78, 5) is 45.3. The van der Waals surface area contributed by atoms with E-state index in [1.807, 2.05) is 11.9 Å². The average Bonchev–Trinajstić information content (AvgIpc) is 3.24. The summed E-state index contributed by atoms with van der Waals surface area (Å²) in [6.07, 6.45) is 4.60. The molecule has 31 heavy (non-hydrogen) atoms. The van der Waals surface area contributed by atoms with E-state index in [1.165, 1.54) is 0 Å². The standard InChI is InChI=1S/C22H37N5O4/c1-12-4-5-14(20(28)25-22(30)24-19-6-7-31-26-19)9-16(12)17-10-15-11-23-13(2)8-18(15)27(3)21(17)29/h12-19,23,26H,4-11H2,1-3H3,(H2,24,25,28,30). The van der Waals surface area contributed by atoms with Crippen LogP contribution < -0.4 is 21.4 Å². The van der Waals surface area contributed by atoms with Gasteiger partial charge in [0.1, 0.15) is 6.17 Å². The minimum absolute atomic E-state index is 0.0410. The molecule has 4 rings (SSSR count). The first-order valence-corrected chi connectivity index (χ1v) is 11.8. The smallest absolute Gasteiger partial charge is 0.322 e. The fourth-order valence-corrected chi connectivity index (χ4v) is 6.11. The van der Waals surface area contributed by atoms with Gasteiger partial charge < -0.3 is 15.5 Å². The fourth-order valence-electron chi connectivity index (χ4n) is 6.11. The quantitative estimate of drug-likeness (QED) is 0.525. The van der Waals surface area contributed by atoms with Crippen molar-refractivity contribution in [2.75, 3.05) is 20.2 Å². The molecule has 1 saturated carbocycles. The number of nitrogens with one attached hydrogen (secondary N) is 4. The van der Waals surface area contributed by atoms with Crippen LogP contribution in [0.1, 0.15) is 52.4 Å². The van der Waals surface area contributed by atoms with Gasteiger partial charge in [0.25, 0.3) is 0 Å². The summed E-state index contributed by atoms with van der Waals surface area (Å²) in [5.74, 6) is 0.757. The van der Waals surface area contributed by atoms with Crippen LogP contribution in [0.5, 0.6) is 0 Å². The lowest BCUT2D eigenvalue weighted by atomic mass is 9.64. The van der Waals surface area contributed by atoms with E-state index in [0.29, 0.717) is 43.4 Å². The Kier molecular flexibility index (Phi) is 6.83. The number of piperidine rings is 2. The number of carbonyl (C=O) groups is 3. The van der Waals surface area contributed by atoms with Crippen molar-refractivity contribution in [2.45, 2.75) is 70.6 Å². The Balaban J connectivity index is 1.37. The van der Waals surface area contributed by atoms with Gasteiger partial charge in [0.2, 0.25) is 11.8 Å². The lowest BCUT2D eigenvalue weighted by Crippen LogP contribution is -2.60. The van der Waals surface area contributed by atoms with Gasteiger partial charge in [-0.1, -0.05) is 6.92 Å². The maximum Gasteiger partial charge on any atom is 0.322 e. The molecule has 3 heterocycles. The van der Waals surface area contributed by atoms with Crippen molar-refractivity contribution >= 4 is 17.8 Å². The third-order valence-corrected chi connectivity index (χ3v) is 8.01. The highest BCUT2D eigenvalue weighted by Gasteiger charge is 2.47. The third-order valence-electron chi connectivity index (χ3n) is 8.01. The number of likely N-dealkylation sites (tertiary alicyclic amines) is 1. The third kappa shape index (κ3) is 4.88. The molecule has 9 nitrogen and oxygen atoms in total. The van der Waals surface area contributed by atoms with Crippen LogP contribution in [0.3, 0.4) is 0 Å². The number of imide groups is 1. The molecule has 8 unspecified atom stereocenters. The minimum atomic E-state index is -0.498. The van der Waals surface area contributed by atoms with Gasteiger partial charge >= 0.3 is 6.03 Å². The molecular weight excluding hydrogens is 398 g/mol. The van der Waals surface area contributed by atoms with Gasteiger partial charge in [-0.15, -0.1) is 0 Å². The number of fused-ring (bicyclic) bond motifs is 1. The van der Waals surface area contributed by atoms with Crippen LogP contribution >= 0.6 is 0 Å². The van der Waals surface area contributed by atoms with E-state index in [0.717, 1.165) is 32.2 Å². The van der Waals surface area contributed by atoms with Gasteiger partial charge in [-0.05, 0) is 56.8 Å². The van der Waals surface area contributed by atoms with Crippen molar-refractivity contribution in [3.63, 3.8) is 0 Å². The Labute approximate surface area is 184 Å². The molecule has 4 fully saturated rings. The second-order valence-corrected chi connectivity index (χ2v) is 10.1. The van der Waals surface area contributed by atoms with Gasteiger partial charge in [0, 0.05) is 43.9 Å². The first-order chi connectivity index (χ1) is 14.8. The summed E-state index contributed by atoms with van der Waals surface area (Å²) >= 11 is 0. The fraction of sp³-hybridized carbons (Fsp3) is 0.864. The SMILES string of the molecule is CC1CC2C(CN1)CC(C1CC(C(=O)NC(=O)NC3CCON3)CCC1C)C(=O)N2C. The molecule has 3 saturated heterocycles. The summed E-state index contributed by atoms with van der Waals surface area (Å²) in [6, 6.07) is 0.253. The van der Waals surface area contributed by atoms with E-state index in [2.05, 4.69) is 35.3 Å². The monoisotopic (exact) mass is 435 g/mol. The summed E-state index contributed by atoms with van der Waals surface area (Å²) in [7, 11) is 1.95. The van der Waals surface area contributed by atoms with E-state index >= 15 is 0 Å². The van der Waals surface area contributed by atoms with Crippen LogP contribution in [0.15, 0.2) is 0 Å². The zero-order valence-corrected chi connectivity index (χ0v) is 18.9. The van der Waals surface area contributed by atoms with Crippen molar-refractivity contribution in [1.29, 1.82) is 0 Å². The van der Waals surface area contributed by atoms with Crippen LogP contribution in [0.4, 0.5) is 4.79 Å². The first kappa shape index (κ1) is 22.5. The Bertz CT molecular complexity index is 697. The molecule has 1 aliphatic carbocycles. The molecule has 174 valence electrons. The Morgan fingerprint density at radius 2 is 1.94 bits per heavy atom. The van der Waals surface area contributed by atoms with Crippen LogP contribution in [-0.4, -0.2) is 61.2 Å². The van der Waals surface area contributed by atoms with Crippen LogP contribution in [0, 0.1) is 29.6 Å². The number of hydroxylamine groups is 1. The highest BCUT2D eigenvalue weighted by Crippen LogP contribution is 2.44. The molecule has 4 N–H and O–H groups in total. The van der Waals surface area contributed by atoms with E-state index in [-0.39, 0.29) is 35.7 Å². The molecule has 0 aromatic rings. The molecular formula is C22H37N5O4. The van der Waals surface area contributed by atoms with Gasteiger partial charge in [-0.25, -0.2) is 4.79 Å². The maximum atomic E-state index is 13.3. The number of rotatable bonds is 3. The van der Waals surface area contributed by atoms with Crippen molar-refractivity contribution < 1.29 is 19.2 Å². The summed E-state index contributed by atoms with van der Waals surface area (Å²) in [5.41, 5.74) is 2.70. The molecule has 0 aromatic carbocycles. The van der Waals surface area contributed by atoms with Crippen LogP contribution in [0.2, 0.25) is 0 Å².